The summed E-state index contributed by atoms with van der Waals surface area (Å²) in [7, 11) is 0. The van der Waals surface area contributed by atoms with Crippen molar-refractivity contribution in [3.63, 3.8) is 0 Å². The molecule has 1 fully saturated rings. The molecule has 1 aliphatic carbocycles. The van der Waals surface area contributed by atoms with Crippen LogP contribution in [-0.2, 0) is 16.1 Å². The molecule has 26 heavy (non-hydrogen) atoms. The van der Waals surface area contributed by atoms with Crippen molar-refractivity contribution in [2.75, 3.05) is 13.2 Å². The number of hydrogen-bond donors (Lipinski definition) is 2. The van der Waals surface area contributed by atoms with Crippen LogP contribution in [0, 0.1) is 5.41 Å². The van der Waals surface area contributed by atoms with Gasteiger partial charge in [0.15, 0.2) is 0 Å². The molecule has 1 aliphatic rings. The van der Waals surface area contributed by atoms with Crippen molar-refractivity contribution >= 4 is 6.09 Å². The molecule has 5 nitrogen and oxygen atoms in total. The van der Waals surface area contributed by atoms with Crippen LogP contribution in [0.2, 0.25) is 0 Å². The highest BCUT2D eigenvalue weighted by atomic mass is 16.6. The first-order chi connectivity index (χ1) is 12.3. The normalized spacial score (nSPS) is 18.2. The van der Waals surface area contributed by atoms with Gasteiger partial charge in [-0.3, -0.25) is 0 Å². The van der Waals surface area contributed by atoms with Crippen LogP contribution in [0.4, 0.5) is 4.79 Å². The van der Waals surface area contributed by atoms with Crippen molar-refractivity contribution in [1.82, 2.24) is 5.32 Å². The van der Waals surface area contributed by atoms with E-state index in [1.165, 1.54) is 6.42 Å². The van der Waals surface area contributed by atoms with E-state index in [1.807, 2.05) is 51.1 Å². The van der Waals surface area contributed by atoms with Crippen LogP contribution in [0.25, 0.3) is 0 Å². The van der Waals surface area contributed by atoms with Crippen LogP contribution in [0.1, 0.15) is 58.4 Å². The Morgan fingerprint density at radius 2 is 1.85 bits per heavy atom. The Hall–Kier alpha value is -1.59. The summed E-state index contributed by atoms with van der Waals surface area (Å²) in [6, 6.07) is 9.93. The second-order valence-corrected chi connectivity index (χ2v) is 8.30. The van der Waals surface area contributed by atoms with E-state index < -0.39 is 17.8 Å². The van der Waals surface area contributed by atoms with Crippen molar-refractivity contribution in [2.45, 2.75) is 71.2 Å². The number of aliphatic hydroxyl groups is 1. The van der Waals surface area contributed by atoms with Gasteiger partial charge in [0.25, 0.3) is 0 Å². The van der Waals surface area contributed by atoms with E-state index in [2.05, 4.69) is 5.32 Å². The fraction of sp³-hybridized carbons (Fsp3) is 0.667. The number of aliphatic hydroxyl groups excluding tert-OH is 1. The van der Waals surface area contributed by atoms with Gasteiger partial charge in [-0.2, -0.15) is 0 Å². The summed E-state index contributed by atoms with van der Waals surface area (Å²) in [6.45, 7) is 6.69. The van der Waals surface area contributed by atoms with E-state index in [4.69, 9.17) is 9.47 Å². The van der Waals surface area contributed by atoms with E-state index >= 15 is 0 Å². The summed E-state index contributed by atoms with van der Waals surface area (Å²) >= 11 is 0. The highest BCUT2D eigenvalue weighted by Gasteiger charge is 2.39. The lowest BCUT2D eigenvalue weighted by Gasteiger charge is -2.41. The number of benzene rings is 1. The summed E-state index contributed by atoms with van der Waals surface area (Å²) in [5.41, 5.74) is 0.219. The average molecular weight is 363 g/mol. The van der Waals surface area contributed by atoms with Crippen molar-refractivity contribution in [2.24, 2.45) is 5.41 Å². The lowest BCUT2D eigenvalue weighted by atomic mass is 9.70. The maximum absolute atomic E-state index is 12.0. The van der Waals surface area contributed by atoms with Crippen molar-refractivity contribution < 1.29 is 19.4 Å². The largest absolute Gasteiger partial charge is 0.444 e. The lowest BCUT2D eigenvalue weighted by Crippen LogP contribution is -2.49. The van der Waals surface area contributed by atoms with E-state index in [0.717, 1.165) is 31.2 Å². The van der Waals surface area contributed by atoms with Gasteiger partial charge >= 0.3 is 6.09 Å². The van der Waals surface area contributed by atoms with Crippen LogP contribution < -0.4 is 5.32 Å². The number of ether oxygens (including phenoxy) is 2. The lowest BCUT2D eigenvalue weighted by molar-refractivity contribution is -0.0624. The molecular weight excluding hydrogens is 330 g/mol. The molecule has 1 aromatic rings. The first kappa shape index (κ1) is 20.7. The van der Waals surface area contributed by atoms with E-state index in [1.54, 1.807) is 0 Å². The molecule has 1 aromatic carbocycles. The smallest absolute Gasteiger partial charge is 0.407 e. The van der Waals surface area contributed by atoms with Crippen LogP contribution >= 0.6 is 0 Å². The number of carbonyl (C=O) groups excluding carboxylic acids is 1. The van der Waals surface area contributed by atoms with Gasteiger partial charge in [-0.1, -0.05) is 49.6 Å². The molecule has 1 amide bonds. The van der Waals surface area contributed by atoms with Crippen LogP contribution in [0.5, 0.6) is 0 Å². The van der Waals surface area contributed by atoms with Crippen molar-refractivity contribution in [3.05, 3.63) is 35.9 Å². The fourth-order valence-electron chi connectivity index (χ4n) is 3.49. The molecule has 0 heterocycles. The SMILES string of the molecule is CC(C)(C)OC(=O)NCC1(C(O)COCc2ccccc2)CCCCC1. The minimum atomic E-state index is -0.610. The topological polar surface area (TPSA) is 67.8 Å². The molecular formula is C21H33NO4. The molecule has 2 N–H and O–H groups in total. The zero-order chi connectivity index (χ0) is 19.0. The second-order valence-electron chi connectivity index (χ2n) is 8.30. The monoisotopic (exact) mass is 363 g/mol. The zero-order valence-electron chi connectivity index (χ0n) is 16.3. The van der Waals surface area contributed by atoms with E-state index in [0.29, 0.717) is 13.2 Å². The number of amides is 1. The number of nitrogens with one attached hydrogen (secondary N) is 1. The predicted octanol–water partition coefficient (Wildman–Crippen LogP) is 4.04. The Labute approximate surface area is 157 Å². The second kappa shape index (κ2) is 9.38. The minimum absolute atomic E-state index is 0.269. The predicted molar refractivity (Wildman–Crippen MR) is 102 cm³/mol. The van der Waals surface area contributed by atoms with Crippen LogP contribution in [-0.4, -0.2) is 36.1 Å². The third-order valence-corrected chi connectivity index (χ3v) is 4.93. The number of hydrogen-bond acceptors (Lipinski definition) is 4. The van der Waals surface area contributed by atoms with Crippen molar-refractivity contribution in [3.8, 4) is 0 Å². The maximum Gasteiger partial charge on any atom is 0.407 e. The van der Waals surface area contributed by atoms with E-state index in [9.17, 15) is 9.90 Å². The Bertz CT molecular complexity index is 547. The third kappa shape index (κ3) is 6.61. The van der Waals surface area contributed by atoms with Gasteiger partial charge in [-0.25, -0.2) is 4.79 Å². The van der Waals surface area contributed by atoms with Gasteiger partial charge in [-0.05, 0) is 39.2 Å². The molecule has 146 valence electrons. The minimum Gasteiger partial charge on any atom is -0.444 e. The Kier molecular flexibility index (Phi) is 7.47. The molecule has 1 unspecified atom stereocenters. The first-order valence-electron chi connectivity index (χ1n) is 9.57. The molecule has 0 aliphatic heterocycles. The molecule has 0 spiro atoms. The van der Waals surface area contributed by atoms with Gasteiger partial charge in [0.2, 0.25) is 0 Å². The Balaban J connectivity index is 1.88. The molecule has 0 radical (unpaired) electrons. The maximum atomic E-state index is 12.0. The molecule has 0 aromatic heterocycles. The zero-order valence-corrected chi connectivity index (χ0v) is 16.3. The first-order valence-corrected chi connectivity index (χ1v) is 9.57. The fourth-order valence-corrected chi connectivity index (χ4v) is 3.49. The van der Waals surface area contributed by atoms with Crippen molar-refractivity contribution in [1.29, 1.82) is 0 Å². The third-order valence-electron chi connectivity index (χ3n) is 4.93. The van der Waals surface area contributed by atoms with Gasteiger partial charge in [0.1, 0.15) is 5.60 Å². The van der Waals surface area contributed by atoms with E-state index in [-0.39, 0.29) is 12.0 Å². The molecule has 2 rings (SSSR count). The van der Waals surface area contributed by atoms with Crippen LogP contribution in [0.15, 0.2) is 30.3 Å². The molecule has 0 saturated heterocycles. The number of carbonyl (C=O) groups is 1. The summed E-state index contributed by atoms with van der Waals surface area (Å²) in [5.74, 6) is 0. The summed E-state index contributed by atoms with van der Waals surface area (Å²) in [6.07, 6.45) is 4.03. The van der Waals surface area contributed by atoms with Gasteiger partial charge in [0, 0.05) is 12.0 Å². The van der Waals surface area contributed by atoms with Gasteiger partial charge in [-0.15, -0.1) is 0 Å². The summed E-state index contributed by atoms with van der Waals surface area (Å²) in [5, 5.41) is 13.7. The molecule has 1 saturated carbocycles. The standard InChI is InChI=1S/C21H33NO4/c1-20(2,3)26-19(24)22-16-21(12-8-5-9-13-21)18(23)15-25-14-17-10-6-4-7-11-17/h4,6-7,10-11,18,23H,5,8-9,12-16H2,1-3H3,(H,22,24). The van der Waals surface area contributed by atoms with Crippen LogP contribution in [0.3, 0.4) is 0 Å². The molecule has 5 heteroatoms. The number of rotatable bonds is 7. The summed E-state index contributed by atoms with van der Waals surface area (Å²) in [4.78, 5) is 12.0. The average Bonchev–Trinajstić information content (AvgIpc) is 2.60. The molecule has 0 bridgehead atoms. The highest BCUT2D eigenvalue weighted by molar-refractivity contribution is 5.67. The molecule has 1 atom stereocenters. The van der Waals surface area contributed by atoms with Gasteiger partial charge < -0.3 is 19.9 Å². The van der Waals surface area contributed by atoms with Gasteiger partial charge in [0.05, 0.1) is 19.3 Å². The summed E-state index contributed by atoms with van der Waals surface area (Å²) < 4.78 is 11.1. The number of alkyl carbamates (subject to hydrolysis) is 1. The Morgan fingerprint density at radius 1 is 1.19 bits per heavy atom. The highest BCUT2D eigenvalue weighted by Crippen LogP contribution is 2.39. The Morgan fingerprint density at radius 3 is 2.46 bits per heavy atom. The quantitative estimate of drug-likeness (QED) is 0.767.